The van der Waals surface area contributed by atoms with E-state index in [1.54, 1.807) is 0 Å². The van der Waals surface area contributed by atoms with E-state index in [9.17, 15) is 4.79 Å². The van der Waals surface area contributed by atoms with Crippen molar-refractivity contribution < 1.29 is 9.90 Å². The van der Waals surface area contributed by atoms with Crippen molar-refractivity contribution >= 4 is 29.2 Å². The highest BCUT2D eigenvalue weighted by atomic mass is 32.2. The lowest BCUT2D eigenvalue weighted by molar-refractivity contribution is 0.0698. The minimum Gasteiger partial charge on any atom is -0.478 e. The van der Waals surface area contributed by atoms with Crippen LogP contribution in [0.4, 0.5) is 11.5 Å². The third-order valence-corrected chi connectivity index (χ3v) is 4.33. The quantitative estimate of drug-likeness (QED) is 0.774. The van der Waals surface area contributed by atoms with Crippen LogP contribution in [0.2, 0.25) is 0 Å². The molecule has 0 radical (unpaired) electrons. The number of rotatable bonds is 4. The number of hydrogen-bond donors (Lipinski definition) is 3. The topological polar surface area (TPSA) is 88.2 Å². The maximum absolute atomic E-state index is 11.1. The summed E-state index contributed by atoms with van der Waals surface area (Å²) in [4.78, 5) is 15.1. The van der Waals surface area contributed by atoms with E-state index in [1.807, 2.05) is 11.8 Å². The van der Waals surface area contributed by atoms with Crippen LogP contribution in [0.5, 0.6) is 0 Å². The van der Waals surface area contributed by atoms with Gasteiger partial charge in [-0.25, -0.2) is 9.78 Å². The third kappa shape index (κ3) is 2.87. The Kier molecular flexibility index (Phi) is 3.96. The van der Waals surface area contributed by atoms with Crippen LogP contribution in [-0.2, 0) is 0 Å². The van der Waals surface area contributed by atoms with Crippen LogP contribution in [0.25, 0.3) is 0 Å². The highest BCUT2D eigenvalue weighted by Gasteiger charge is 2.25. The molecule has 1 aromatic heterocycles. The number of carboxylic acid groups (broad SMARTS) is 1. The number of nitrogens with one attached hydrogen (secondary N) is 1. The lowest BCUT2D eigenvalue weighted by atomic mass is 10.2. The summed E-state index contributed by atoms with van der Waals surface area (Å²) in [7, 11) is 0. The van der Waals surface area contributed by atoms with E-state index in [2.05, 4.69) is 16.6 Å². The van der Waals surface area contributed by atoms with Gasteiger partial charge in [0.05, 0.1) is 17.4 Å². The van der Waals surface area contributed by atoms with Gasteiger partial charge in [0.15, 0.2) is 0 Å². The SMILES string of the molecule is CSC1CCC(Nc2cnc(N)cc2C(=O)O)C1. The highest BCUT2D eigenvalue weighted by molar-refractivity contribution is 7.99. The largest absolute Gasteiger partial charge is 0.478 e. The molecular formula is C12H17N3O2S. The lowest BCUT2D eigenvalue weighted by Gasteiger charge is -2.16. The zero-order valence-electron chi connectivity index (χ0n) is 10.2. The second-order valence-electron chi connectivity index (χ2n) is 4.47. The molecule has 0 saturated heterocycles. The number of pyridine rings is 1. The predicted octanol–water partition coefficient (Wildman–Crippen LogP) is 2.06. The zero-order valence-corrected chi connectivity index (χ0v) is 11.0. The fraction of sp³-hybridized carbons (Fsp3) is 0.500. The Labute approximate surface area is 110 Å². The fourth-order valence-corrected chi connectivity index (χ4v) is 3.07. The molecule has 0 aromatic carbocycles. The monoisotopic (exact) mass is 267 g/mol. The van der Waals surface area contributed by atoms with Crippen molar-refractivity contribution in [2.24, 2.45) is 0 Å². The standard InChI is InChI=1S/C12H17N3O2S/c1-18-8-3-2-7(4-8)15-10-6-14-11(13)5-9(10)12(16)17/h5-8,15H,2-4H2,1H3,(H2,13,14)(H,16,17). The third-order valence-electron chi connectivity index (χ3n) is 3.23. The Hall–Kier alpha value is -1.43. The Bertz CT molecular complexity index is 453. The van der Waals surface area contributed by atoms with Crippen molar-refractivity contribution in [3.05, 3.63) is 17.8 Å². The summed E-state index contributed by atoms with van der Waals surface area (Å²) < 4.78 is 0. The van der Waals surface area contributed by atoms with Crippen LogP contribution in [0.15, 0.2) is 12.3 Å². The maximum Gasteiger partial charge on any atom is 0.337 e. The van der Waals surface area contributed by atoms with Crippen LogP contribution in [0, 0.1) is 0 Å². The molecule has 5 nitrogen and oxygen atoms in total. The van der Waals surface area contributed by atoms with Gasteiger partial charge in [0.2, 0.25) is 0 Å². The van der Waals surface area contributed by atoms with Gasteiger partial charge in [0, 0.05) is 11.3 Å². The molecule has 0 spiro atoms. The van der Waals surface area contributed by atoms with Crippen molar-refractivity contribution in [1.82, 2.24) is 4.98 Å². The van der Waals surface area contributed by atoms with Crippen molar-refractivity contribution in [3.8, 4) is 0 Å². The molecule has 2 rings (SSSR count). The van der Waals surface area contributed by atoms with Crippen LogP contribution in [0.1, 0.15) is 29.6 Å². The number of aromatic carboxylic acids is 1. The zero-order chi connectivity index (χ0) is 13.1. The predicted molar refractivity (Wildman–Crippen MR) is 74.2 cm³/mol. The molecule has 1 fully saturated rings. The molecule has 2 unspecified atom stereocenters. The van der Waals surface area contributed by atoms with E-state index < -0.39 is 5.97 Å². The number of carbonyl (C=O) groups is 1. The van der Waals surface area contributed by atoms with Crippen LogP contribution >= 0.6 is 11.8 Å². The summed E-state index contributed by atoms with van der Waals surface area (Å²) in [5.74, 6) is -0.752. The summed E-state index contributed by atoms with van der Waals surface area (Å²) in [5, 5.41) is 13.1. The van der Waals surface area contributed by atoms with Crippen molar-refractivity contribution in [3.63, 3.8) is 0 Å². The van der Waals surface area contributed by atoms with E-state index in [0.29, 0.717) is 17.0 Å². The normalized spacial score (nSPS) is 22.9. The molecular weight excluding hydrogens is 250 g/mol. The van der Waals surface area contributed by atoms with E-state index in [0.717, 1.165) is 12.8 Å². The molecule has 18 heavy (non-hydrogen) atoms. The molecule has 1 aliphatic rings. The molecule has 0 bridgehead atoms. The first-order chi connectivity index (χ1) is 8.60. The summed E-state index contributed by atoms with van der Waals surface area (Å²) in [6.45, 7) is 0. The average Bonchev–Trinajstić information content (AvgIpc) is 2.79. The highest BCUT2D eigenvalue weighted by Crippen LogP contribution is 2.31. The molecule has 98 valence electrons. The van der Waals surface area contributed by atoms with E-state index in [-0.39, 0.29) is 11.4 Å². The number of thioether (sulfide) groups is 1. The number of aromatic nitrogens is 1. The Morgan fingerprint density at radius 1 is 1.61 bits per heavy atom. The number of nitrogens with two attached hydrogens (primary N) is 1. The smallest absolute Gasteiger partial charge is 0.337 e. The van der Waals surface area contributed by atoms with Crippen LogP contribution in [0.3, 0.4) is 0 Å². The number of nitrogen functional groups attached to an aromatic ring is 1. The molecule has 1 saturated carbocycles. The molecule has 6 heteroatoms. The molecule has 1 heterocycles. The summed E-state index contributed by atoms with van der Waals surface area (Å²) in [5.41, 5.74) is 6.26. The van der Waals surface area contributed by atoms with E-state index in [1.165, 1.54) is 18.7 Å². The molecule has 4 N–H and O–H groups in total. The summed E-state index contributed by atoms with van der Waals surface area (Å²) >= 11 is 1.87. The van der Waals surface area contributed by atoms with Crippen LogP contribution < -0.4 is 11.1 Å². The molecule has 1 aromatic rings. The van der Waals surface area contributed by atoms with Crippen LogP contribution in [-0.4, -0.2) is 33.6 Å². The van der Waals surface area contributed by atoms with Crippen molar-refractivity contribution in [2.75, 3.05) is 17.3 Å². The minimum atomic E-state index is -0.981. The second kappa shape index (κ2) is 5.48. The van der Waals surface area contributed by atoms with Gasteiger partial charge >= 0.3 is 5.97 Å². The minimum absolute atomic E-state index is 0.190. The van der Waals surface area contributed by atoms with Gasteiger partial charge in [-0.15, -0.1) is 0 Å². The molecule has 2 atom stereocenters. The summed E-state index contributed by atoms with van der Waals surface area (Å²) in [6.07, 6.45) is 6.91. The number of anilines is 2. The Morgan fingerprint density at radius 3 is 3.00 bits per heavy atom. The first-order valence-corrected chi connectivity index (χ1v) is 7.17. The Morgan fingerprint density at radius 2 is 2.39 bits per heavy atom. The molecule has 1 aliphatic carbocycles. The fourth-order valence-electron chi connectivity index (χ4n) is 2.27. The summed E-state index contributed by atoms with van der Waals surface area (Å²) in [6, 6.07) is 1.72. The van der Waals surface area contributed by atoms with Gasteiger partial charge in [0.1, 0.15) is 5.82 Å². The lowest BCUT2D eigenvalue weighted by Crippen LogP contribution is -2.18. The van der Waals surface area contributed by atoms with Gasteiger partial charge in [-0.3, -0.25) is 0 Å². The van der Waals surface area contributed by atoms with Crippen molar-refractivity contribution in [2.45, 2.75) is 30.6 Å². The first kappa shape index (κ1) is 13.0. The van der Waals surface area contributed by atoms with Gasteiger partial charge in [-0.05, 0) is 31.6 Å². The second-order valence-corrected chi connectivity index (χ2v) is 5.61. The van der Waals surface area contributed by atoms with Gasteiger partial charge in [-0.1, -0.05) is 0 Å². The first-order valence-electron chi connectivity index (χ1n) is 5.88. The molecule has 0 amide bonds. The maximum atomic E-state index is 11.1. The van der Waals surface area contributed by atoms with E-state index >= 15 is 0 Å². The van der Waals surface area contributed by atoms with Gasteiger partial charge in [0.25, 0.3) is 0 Å². The van der Waals surface area contributed by atoms with E-state index in [4.69, 9.17) is 10.8 Å². The number of hydrogen-bond acceptors (Lipinski definition) is 5. The van der Waals surface area contributed by atoms with Gasteiger partial charge < -0.3 is 16.2 Å². The molecule has 0 aliphatic heterocycles. The van der Waals surface area contributed by atoms with Gasteiger partial charge in [-0.2, -0.15) is 11.8 Å². The van der Waals surface area contributed by atoms with Crippen molar-refractivity contribution in [1.29, 1.82) is 0 Å². The number of nitrogens with zero attached hydrogens (tertiary/aromatic N) is 1. The average molecular weight is 267 g/mol. The number of carboxylic acids is 1. The Balaban J connectivity index is 2.12.